The quantitative estimate of drug-likeness (QED) is 0.647. The SMILES string of the molecule is Cc1ccc(NC(=O)N/C=C/P(=O)(N2CC2)N2CC2)c(C)c1. The summed E-state index contributed by atoms with van der Waals surface area (Å²) in [5, 5.41) is 5.43. The highest BCUT2D eigenvalue weighted by Gasteiger charge is 2.45. The second-order valence-corrected chi connectivity index (χ2v) is 8.34. The van der Waals surface area contributed by atoms with Gasteiger partial charge in [0.25, 0.3) is 0 Å². The molecule has 0 bridgehead atoms. The van der Waals surface area contributed by atoms with Gasteiger partial charge in [0.2, 0.25) is 7.44 Å². The van der Waals surface area contributed by atoms with Gasteiger partial charge in [0, 0.05) is 43.9 Å². The molecule has 2 aliphatic rings. The molecular formula is C15H21N4O2P. The van der Waals surface area contributed by atoms with E-state index in [1.165, 1.54) is 6.20 Å². The monoisotopic (exact) mass is 320 g/mol. The average molecular weight is 320 g/mol. The van der Waals surface area contributed by atoms with Crippen molar-refractivity contribution in [2.24, 2.45) is 0 Å². The molecule has 0 spiro atoms. The number of nitrogens with one attached hydrogen (secondary N) is 2. The lowest BCUT2D eigenvalue weighted by Crippen LogP contribution is -2.24. The molecule has 0 aromatic heterocycles. The van der Waals surface area contributed by atoms with Crippen LogP contribution in [0.4, 0.5) is 10.5 Å². The molecule has 2 N–H and O–H groups in total. The van der Waals surface area contributed by atoms with E-state index >= 15 is 0 Å². The standard InChI is InChI=1S/C15H21N4O2P/c1-12-3-4-14(13(2)11-12)17-15(20)16-5-10-22(21,18-6-7-18)19-8-9-19/h3-5,10-11H,6-9H2,1-2H3,(H2,16,17,20)/b10-5+. The van der Waals surface area contributed by atoms with Crippen molar-refractivity contribution in [1.82, 2.24) is 14.7 Å². The minimum Gasteiger partial charge on any atom is -0.314 e. The lowest BCUT2D eigenvalue weighted by molar-refractivity contribution is 0.255. The topological polar surface area (TPSA) is 64.2 Å². The number of hydrogen-bond acceptors (Lipinski definition) is 2. The fourth-order valence-electron chi connectivity index (χ4n) is 2.35. The largest absolute Gasteiger partial charge is 0.323 e. The molecular weight excluding hydrogens is 299 g/mol. The summed E-state index contributed by atoms with van der Waals surface area (Å²) < 4.78 is 16.7. The van der Waals surface area contributed by atoms with Crippen LogP contribution in [0.3, 0.4) is 0 Å². The Bertz CT molecular complexity index is 650. The van der Waals surface area contributed by atoms with Crippen LogP contribution in [0.15, 0.2) is 30.2 Å². The van der Waals surface area contributed by atoms with Gasteiger partial charge in [0.05, 0.1) is 0 Å². The number of rotatable bonds is 5. The molecule has 3 rings (SSSR count). The third-order valence-corrected chi connectivity index (χ3v) is 6.73. The smallest absolute Gasteiger partial charge is 0.314 e. The van der Waals surface area contributed by atoms with Crippen LogP contribution in [0.25, 0.3) is 0 Å². The zero-order chi connectivity index (χ0) is 15.7. The first-order valence-electron chi connectivity index (χ1n) is 7.42. The van der Waals surface area contributed by atoms with Gasteiger partial charge >= 0.3 is 6.03 Å². The molecule has 2 saturated heterocycles. The second kappa shape index (κ2) is 5.88. The Morgan fingerprint density at radius 1 is 1.18 bits per heavy atom. The molecule has 0 radical (unpaired) electrons. The van der Waals surface area contributed by atoms with Crippen LogP contribution in [0.5, 0.6) is 0 Å². The number of urea groups is 1. The Labute approximate surface area is 130 Å². The molecule has 2 amide bonds. The van der Waals surface area contributed by atoms with Crippen molar-refractivity contribution >= 4 is 19.2 Å². The molecule has 0 atom stereocenters. The summed E-state index contributed by atoms with van der Waals surface area (Å²) in [4.78, 5) is 11.9. The normalized spacial score (nSPS) is 18.5. The van der Waals surface area contributed by atoms with Crippen LogP contribution in [0, 0.1) is 13.8 Å². The van der Waals surface area contributed by atoms with E-state index in [1.54, 1.807) is 5.82 Å². The molecule has 118 valence electrons. The van der Waals surface area contributed by atoms with E-state index in [0.29, 0.717) is 0 Å². The van der Waals surface area contributed by atoms with E-state index in [-0.39, 0.29) is 6.03 Å². The maximum Gasteiger partial charge on any atom is 0.323 e. The van der Waals surface area contributed by atoms with E-state index in [1.807, 2.05) is 41.4 Å². The summed E-state index contributed by atoms with van der Waals surface area (Å²) >= 11 is 0. The number of nitrogens with zero attached hydrogens (tertiary/aromatic N) is 2. The van der Waals surface area contributed by atoms with Gasteiger partial charge in [-0.15, -0.1) is 0 Å². The van der Waals surface area contributed by atoms with Crippen molar-refractivity contribution < 1.29 is 9.36 Å². The molecule has 2 fully saturated rings. The number of anilines is 1. The molecule has 0 unspecified atom stereocenters. The Balaban J connectivity index is 1.57. The van der Waals surface area contributed by atoms with Crippen molar-refractivity contribution in [2.75, 3.05) is 31.5 Å². The molecule has 1 aromatic rings. The maximum atomic E-state index is 12.8. The van der Waals surface area contributed by atoms with Crippen molar-refractivity contribution in [2.45, 2.75) is 13.8 Å². The number of carbonyl (C=O) groups is 1. The molecule has 7 heteroatoms. The number of hydrogen-bond donors (Lipinski definition) is 2. The number of benzene rings is 1. The van der Waals surface area contributed by atoms with Gasteiger partial charge in [-0.05, 0) is 25.5 Å². The summed E-state index contributed by atoms with van der Waals surface area (Å²) in [5.41, 5.74) is 2.94. The molecule has 6 nitrogen and oxygen atoms in total. The van der Waals surface area contributed by atoms with Gasteiger partial charge in [0.1, 0.15) is 0 Å². The maximum absolute atomic E-state index is 12.8. The summed E-state index contributed by atoms with van der Waals surface area (Å²) in [5.74, 6) is 1.63. The van der Waals surface area contributed by atoms with E-state index in [4.69, 9.17) is 0 Å². The van der Waals surface area contributed by atoms with E-state index in [9.17, 15) is 9.36 Å². The van der Waals surface area contributed by atoms with Crippen molar-refractivity contribution in [3.05, 3.63) is 41.3 Å². The third-order valence-electron chi connectivity index (χ3n) is 3.77. The highest BCUT2D eigenvalue weighted by molar-refractivity contribution is 7.62. The fourth-order valence-corrected chi connectivity index (χ4v) is 4.68. The fraction of sp³-hybridized carbons (Fsp3) is 0.400. The van der Waals surface area contributed by atoms with Crippen LogP contribution >= 0.6 is 7.44 Å². The van der Waals surface area contributed by atoms with Gasteiger partial charge in [-0.25, -0.2) is 14.1 Å². The number of aryl methyl sites for hydroxylation is 2. The Hall–Kier alpha value is -1.62. The summed E-state index contributed by atoms with van der Waals surface area (Å²) in [6.07, 6.45) is 1.50. The molecule has 2 heterocycles. The van der Waals surface area contributed by atoms with Crippen molar-refractivity contribution in [3.63, 3.8) is 0 Å². The molecule has 1 aromatic carbocycles. The Kier molecular flexibility index (Phi) is 4.08. The lowest BCUT2D eigenvalue weighted by atomic mass is 10.1. The number of carbonyl (C=O) groups excluding carboxylic acids is 1. The van der Waals surface area contributed by atoms with E-state index < -0.39 is 7.44 Å². The van der Waals surface area contributed by atoms with E-state index in [0.717, 1.165) is 43.0 Å². The second-order valence-electron chi connectivity index (χ2n) is 5.73. The van der Waals surface area contributed by atoms with Crippen LogP contribution in [-0.4, -0.2) is 41.6 Å². The van der Waals surface area contributed by atoms with Gasteiger partial charge in [-0.1, -0.05) is 17.7 Å². The van der Waals surface area contributed by atoms with Gasteiger partial charge in [-0.3, -0.25) is 4.57 Å². The predicted octanol–water partition coefficient (Wildman–Crippen LogP) is 2.72. The third kappa shape index (κ3) is 3.40. The van der Waals surface area contributed by atoms with Crippen LogP contribution in [0.1, 0.15) is 11.1 Å². The average Bonchev–Trinajstić information content (AvgIpc) is 3.33. The Morgan fingerprint density at radius 2 is 1.82 bits per heavy atom. The highest BCUT2D eigenvalue weighted by atomic mass is 31.2. The first-order valence-corrected chi connectivity index (χ1v) is 9.10. The van der Waals surface area contributed by atoms with Gasteiger partial charge in [0.15, 0.2) is 0 Å². The van der Waals surface area contributed by atoms with Crippen LogP contribution in [0.2, 0.25) is 0 Å². The summed E-state index contributed by atoms with van der Waals surface area (Å²) in [6.45, 7) is 7.43. The summed E-state index contributed by atoms with van der Waals surface area (Å²) in [7, 11) is -2.55. The minimum atomic E-state index is -2.55. The Morgan fingerprint density at radius 3 is 2.36 bits per heavy atom. The van der Waals surface area contributed by atoms with Crippen molar-refractivity contribution in [3.8, 4) is 0 Å². The van der Waals surface area contributed by atoms with E-state index in [2.05, 4.69) is 10.6 Å². The summed E-state index contributed by atoms with van der Waals surface area (Å²) in [6, 6.07) is 5.52. The van der Waals surface area contributed by atoms with Gasteiger partial charge < -0.3 is 10.6 Å². The molecule has 0 saturated carbocycles. The lowest BCUT2D eigenvalue weighted by Gasteiger charge is -2.15. The van der Waals surface area contributed by atoms with Gasteiger partial charge in [-0.2, -0.15) is 0 Å². The van der Waals surface area contributed by atoms with Crippen molar-refractivity contribution in [1.29, 1.82) is 0 Å². The zero-order valence-corrected chi connectivity index (χ0v) is 13.8. The molecule has 22 heavy (non-hydrogen) atoms. The highest BCUT2D eigenvalue weighted by Crippen LogP contribution is 2.61. The molecule has 0 aliphatic carbocycles. The van der Waals surface area contributed by atoms with Crippen LogP contribution in [-0.2, 0) is 4.57 Å². The first-order chi connectivity index (χ1) is 10.5. The molecule has 2 aliphatic heterocycles. The number of amides is 2. The van der Waals surface area contributed by atoms with Crippen LogP contribution < -0.4 is 10.6 Å². The first kappa shape index (κ1) is 15.3. The minimum absolute atomic E-state index is 0.327. The zero-order valence-electron chi connectivity index (χ0n) is 12.9. The predicted molar refractivity (Wildman–Crippen MR) is 88.0 cm³/mol.